The molecule has 0 radical (unpaired) electrons. The molecule has 1 unspecified atom stereocenters. The van der Waals surface area contributed by atoms with Gasteiger partial charge in [0.05, 0.1) is 18.1 Å². The lowest BCUT2D eigenvalue weighted by Crippen LogP contribution is -2.28. The quantitative estimate of drug-likeness (QED) is 0.652. The van der Waals surface area contributed by atoms with Gasteiger partial charge in [0.1, 0.15) is 5.56 Å². The van der Waals surface area contributed by atoms with Crippen LogP contribution < -0.4 is 10.1 Å². The van der Waals surface area contributed by atoms with Crippen LogP contribution in [0, 0.1) is 10.1 Å². The number of benzene rings is 1. The van der Waals surface area contributed by atoms with Gasteiger partial charge < -0.3 is 10.1 Å². The van der Waals surface area contributed by atoms with Gasteiger partial charge in [-0.3, -0.25) is 14.9 Å². The number of nitrogens with zero attached hydrogens (tertiary/aromatic N) is 1. The molecule has 7 heteroatoms. The number of ether oxygens (including phenoxy) is 1. The third kappa shape index (κ3) is 3.25. The van der Waals surface area contributed by atoms with E-state index in [1.54, 1.807) is 6.07 Å². The zero-order valence-corrected chi connectivity index (χ0v) is 13.1. The number of nitrogens with one attached hydrogen (secondary N) is 1. The van der Waals surface area contributed by atoms with Crippen molar-refractivity contribution in [1.29, 1.82) is 0 Å². The molecular formula is C15H16N2O4S. The van der Waals surface area contributed by atoms with E-state index in [1.807, 2.05) is 24.4 Å². The first-order valence-corrected chi connectivity index (χ1v) is 7.62. The fourth-order valence-electron chi connectivity index (χ4n) is 2.16. The van der Waals surface area contributed by atoms with Gasteiger partial charge in [0.2, 0.25) is 0 Å². The second-order valence-electron chi connectivity index (χ2n) is 4.56. The van der Waals surface area contributed by atoms with E-state index in [0.717, 1.165) is 4.88 Å². The maximum Gasteiger partial charge on any atom is 0.323 e. The smallest absolute Gasteiger partial charge is 0.323 e. The largest absolute Gasteiger partial charge is 0.490 e. The summed E-state index contributed by atoms with van der Waals surface area (Å²) in [5, 5.41) is 16.0. The molecule has 22 heavy (non-hydrogen) atoms. The van der Waals surface area contributed by atoms with Crippen LogP contribution in [-0.4, -0.2) is 17.9 Å². The second kappa shape index (κ2) is 7.04. The van der Waals surface area contributed by atoms with Crippen LogP contribution >= 0.6 is 11.3 Å². The third-order valence-corrected chi connectivity index (χ3v) is 4.23. The summed E-state index contributed by atoms with van der Waals surface area (Å²) in [5.41, 5.74) is -0.317. The molecule has 0 saturated heterocycles. The molecule has 0 saturated carbocycles. The van der Waals surface area contributed by atoms with E-state index in [1.165, 1.54) is 30.6 Å². The Bertz CT molecular complexity index is 670. The highest BCUT2D eigenvalue weighted by Gasteiger charge is 2.26. The van der Waals surface area contributed by atoms with Crippen LogP contribution in [0.4, 0.5) is 5.69 Å². The number of nitro benzene ring substituents is 1. The fraction of sp³-hybridized carbons (Fsp3) is 0.267. The average Bonchev–Trinajstić information content (AvgIpc) is 3.05. The van der Waals surface area contributed by atoms with Gasteiger partial charge in [-0.05, 0) is 30.0 Å². The predicted octanol–water partition coefficient (Wildman–Crippen LogP) is 3.55. The van der Waals surface area contributed by atoms with Crippen molar-refractivity contribution in [2.45, 2.75) is 19.4 Å². The topological polar surface area (TPSA) is 81.5 Å². The van der Waals surface area contributed by atoms with Crippen molar-refractivity contribution in [3.05, 3.63) is 56.3 Å². The Hall–Kier alpha value is -2.41. The van der Waals surface area contributed by atoms with Gasteiger partial charge >= 0.3 is 5.69 Å². The van der Waals surface area contributed by atoms with Crippen LogP contribution in [0.3, 0.4) is 0 Å². The number of amides is 1. The van der Waals surface area contributed by atoms with Crippen LogP contribution in [-0.2, 0) is 0 Å². The Balaban J connectivity index is 2.31. The first kappa shape index (κ1) is 16.0. The van der Waals surface area contributed by atoms with Crippen LogP contribution in [0.2, 0.25) is 0 Å². The summed E-state index contributed by atoms with van der Waals surface area (Å²) in [5.74, 6) is -0.410. The lowest BCUT2D eigenvalue weighted by Gasteiger charge is -2.16. The van der Waals surface area contributed by atoms with Crippen molar-refractivity contribution in [3.8, 4) is 5.75 Å². The molecule has 116 valence electrons. The minimum Gasteiger partial charge on any atom is -0.490 e. The van der Waals surface area contributed by atoms with E-state index < -0.39 is 10.8 Å². The van der Waals surface area contributed by atoms with Crippen LogP contribution in [0.1, 0.15) is 34.6 Å². The van der Waals surface area contributed by atoms with Gasteiger partial charge in [0.25, 0.3) is 5.91 Å². The monoisotopic (exact) mass is 320 g/mol. The highest BCUT2D eigenvalue weighted by Crippen LogP contribution is 2.31. The third-order valence-electron chi connectivity index (χ3n) is 3.25. The van der Waals surface area contributed by atoms with Crippen LogP contribution in [0.25, 0.3) is 0 Å². The SMILES string of the molecule is CCC(NC(=O)c1cccc(OC)c1[N+](=O)[O-])c1cccs1. The van der Waals surface area contributed by atoms with Gasteiger partial charge in [-0.25, -0.2) is 0 Å². The van der Waals surface area contributed by atoms with Crippen molar-refractivity contribution in [1.82, 2.24) is 5.32 Å². The number of nitro groups is 1. The van der Waals surface area contributed by atoms with E-state index in [0.29, 0.717) is 6.42 Å². The van der Waals surface area contributed by atoms with Gasteiger partial charge in [-0.15, -0.1) is 11.3 Å². The van der Waals surface area contributed by atoms with E-state index in [4.69, 9.17) is 4.74 Å². The number of para-hydroxylation sites is 1. The van der Waals surface area contributed by atoms with Gasteiger partial charge in [-0.2, -0.15) is 0 Å². The number of carbonyl (C=O) groups excluding carboxylic acids is 1. The Morgan fingerprint density at radius 3 is 2.73 bits per heavy atom. The Morgan fingerprint density at radius 2 is 2.18 bits per heavy atom. The lowest BCUT2D eigenvalue weighted by atomic mass is 10.1. The Kier molecular flexibility index (Phi) is 5.11. The number of rotatable bonds is 6. The highest BCUT2D eigenvalue weighted by atomic mass is 32.1. The summed E-state index contributed by atoms with van der Waals surface area (Å²) in [4.78, 5) is 24.1. The normalized spacial score (nSPS) is 11.7. The molecule has 1 aromatic heterocycles. The second-order valence-corrected chi connectivity index (χ2v) is 5.54. The molecule has 0 spiro atoms. The number of hydrogen-bond donors (Lipinski definition) is 1. The summed E-state index contributed by atoms with van der Waals surface area (Å²) < 4.78 is 4.98. The summed E-state index contributed by atoms with van der Waals surface area (Å²) in [6, 6.07) is 8.12. The zero-order valence-electron chi connectivity index (χ0n) is 12.2. The Morgan fingerprint density at radius 1 is 1.41 bits per heavy atom. The van der Waals surface area contributed by atoms with E-state index in [-0.39, 0.29) is 23.0 Å². The lowest BCUT2D eigenvalue weighted by molar-refractivity contribution is -0.386. The molecular weight excluding hydrogens is 304 g/mol. The molecule has 1 N–H and O–H groups in total. The van der Waals surface area contributed by atoms with Crippen molar-refractivity contribution in [2.24, 2.45) is 0 Å². The maximum atomic E-state index is 12.4. The van der Waals surface area contributed by atoms with Crippen LogP contribution in [0.5, 0.6) is 5.75 Å². The highest BCUT2D eigenvalue weighted by molar-refractivity contribution is 7.10. The fourth-order valence-corrected chi connectivity index (χ4v) is 3.02. The van der Waals surface area contributed by atoms with Gasteiger partial charge in [0, 0.05) is 4.88 Å². The predicted molar refractivity (Wildman–Crippen MR) is 84.5 cm³/mol. The van der Waals surface area contributed by atoms with Gasteiger partial charge in [0.15, 0.2) is 5.75 Å². The van der Waals surface area contributed by atoms with Crippen molar-refractivity contribution in [2.75, 3.05) is 7.11 Å². The minimum absolute atomic E-state index is 0.000596. The molecule has 6 nitrogen and oxygen atoms in total. The van der Waals surface area contributed by atoms with Crippen molar-refractivity contribution in [3.63, 3.8) is 0 Å². The van der Waals surface area contributed by atoms with E-state index >= 15 is 0 Å². The molecule has 0 fully saturated rings. The first-order chi connectivity index (χ1) is 10.6. The molecule has 2 aromatic rings. The summed E-state index contributed by atoms with van der Waals surface area (Å²) in [7, 11) is 1.34. The number of hydrogen-bond acceptors (Lipinski definition) is 5. The van der Waals surface area contributed by atoms with Gasteiger partial charge in [-0.1, -0.05) is 19.1 Å². The number of thiophene rings is 1. The summed E-state index contributed by atoms with van der Waals surface area (Å²) >= 11 is 1.54. The molecule has 1 heterocycles. The standard InChI is InChI=1S/C15H16N2O4S/c1-3-11(13-8-5-9-22-13)16-15(18)10-6-4-7-12(21-2)14(10)17(19)20/h4-9,11H,3H2,1-2H3,(H,16,18). The number of carbonyl (C=O) groups is 1. The summed E-state index contributed by atoms with van der Waals surface area (Å²) in [6.45, 7) is 1.95. The Labute approximate surface area is 131 Å². The molecule has 2 rings (SSSR count). The molecule has 1 atom stereocenters. The molecule has 0 aliphatic rings. The van der Waals surface area contributed by atoms with E-state index in [9.17, 15) is 14.9 Å². The molecule has 1 amide bonds. The maximum absolute atomic E-state index is 12.4. The minimum atomic E-state index is -0.597. The van der Waals surface area contributed by atoms with Crippen molar-refractivity contribution < 1.29 is 14.5 Å². The molecule has 1 aromatic carbocycles. The van der Waals surface area contributed by atoms with Crippen LogP contribution in [0.15, 0.2) is 35.7 Å². The zero-order chi connectivity index (χ0) is 16.1. The molecule has 0 aliphatic carbocycles. The molecule has 0 bridgehead atoms. The first-order valence-electron chi connectivity index (χ1n) is 6.74. The van der Waals surface area contributed by atoms with Crippen molar-refractivity contribution >= 4 is 22.9 Å². The van der Waals surface area contributed by atoms with E-state index in [2.05, 4.69) is 5.32 Å². The average molecular weight is 320 g/mol. The molecule has 0 aliphatic heterocycles. The number of methoxy groups -OCH3 is 1. The summed E-state index contributed by atoms with van der Waals surface area (Å²) in [6.07, 6.45) is 0.698.